The fraction of sp³-hybridized carbons (Fsp3) is 0.250. The molecule has 0 bridgehead atoms. The van der Waals surface area contributed by atoms with Gasteiger partial charge in [-0.15, -0.1) is 0 Å². The van der Waals surface area contributed by atoms with Gasteiger partial charge in [-0.25, -0.2) is 0 Å². The lowest BCUT2D eigenvalue weighted by Gasteiger charge is -2.13. The van der Waals surface area contributed by atoms with Gasteiger partial charge in [-0.1, -0.05) is 19.1 Å². The normalized spacial score (nSPS) is 12.2. The van der Waals surface area contributed by atoms with Crippen molar-refractivity contribution in [3.63, 3.8) is 0 Å². The van der Waals surface area contributed by atoms with Crippen LogP contribution in [0.25, 0.3) is 0 Å². The van der Waals surface area contributed by atoms with Crippen LogP contribution >= 0.6 is 0 Å². The van der Waals surface area contributed by atoms with Gasteiger partial charge in [0.1, 0.15) is 0 Å². The second-order valence-electron chi connectivity index (χ2n) is 5.01. The lowest BCUT2D eigenvalue weighted by Crippen LogP contribution is -1.96. The lowest BCUT2D eigenvalue weighted by molar-refractivity contribution is 0.402. The maximum atomic E-state index is 9.49. The molecule has 0 saturated heterocycles. The van der Waals surface area contributed by atoms with Crippen LogP contribution in [0.15, 0.2) is 36.4 Å². The summed E-state index contributed by atoms with van der Waals surface area (Å²) in [7, 11) is 0. The van der Waals surface area contributed by atoms with Crippen molar-refractivity contribution in [2.45, 2.75) is 25.7 Å². The number of hydrogen-bond acceptors (Lipinski definition) is 4. The lowest BCUT2D eigenvalue weighted by atomic mass is 9.93. The first-order chi connectivity index (χ1) is 9.47. The van der Waals surface area contributed by atoms with E-state index in [0.717, 1.165) is 24.0 Å². The zero-order chi connectivity index (χ0) is 14.7. The summed E-state index contributed by atoms with van der Waals surface area (Å²) in [4.78, 5) is 0. The molecule has 0 aliphatic heterocycles. The second kappa shape index (κ2) is 5.74. The molecule has 0 fully saturated rings. The number of aryl methyl sites for hydroxylation is 1. The molecule has 2 rings (SSSR count). The standard InChI is InChI=1S/C16H18O4/c1-10(12-5-7-14(18)16(20)9-12)2-3-11-4-6-13(17)15(19)8-11/h4-10,17-20H,2-3H2,1H3. The molecular formula is C16H18O4. The minimum Gasteiger partial charge on any atom is -0.504 e. The number of rotatable bonds is 4. The fourth-order valence-corrected chi connectivity index (χ4v) is 2.12. The van der Waals surface area contributed by atoms with Gasteiger partial charge in [0.2, 0.25) is 0 Å². The predicted octanol–water partition coefficient (Wildman–Crippen LogP) is 3.25. The summed E-state index contributed by atoms with van der Waals surface area (Å²) in [5.41, 5.74) is 1.89. The quantitative estimate of drug-likeness (QED) is 0.645. The van der Waals surface area contributed by atoms with Crippen LogP contribution in [0, 0.1) is 0 Å². The highest BCUT2D eigenvalue weighted by Gasteiger charge is 2.09. The number of hydrogen-bond donors (Lipinski definition) is 4. The number of phenolic OH excluding ortho intramolecular Hbond substituents is 4. The Morgan fingerprint density at radius 2 is 1.40 bits per heavy atom. The van der Waals surface area contributed by atoms with E-state index in [1.807, 2.05) is 6.92 Å². The maximum Gasteiger partial charge on any atom is 0.157 e. The van der Waals surface area contributed by atoms with E-state index in [2.05, 4.69) is 0 Å². The minimum atomic E-state index is -0.121. The molecule has 2 aromatic carbocycles. The van der Waals surface area contributed by atoms with Crippen molar-refractivity contribution in [2.24, 2.45) is 0 Å². The van der Waals surface area contributed by atoms with Gasteiger partial charge in [0.05, 0.1) is 0 Å². The minimum absolute atomic E-state index is 0.113. The van der Waals surface area contributed by atoms with Gasteiger partial charge in [-0.3, -0.25) is 0 Å². The summed E-state index contributed by atoms with van der Waals surface area (Å²) < 4.78 is 0. The third kappa shape index (κ3) is 3.15. The summed E-state index contributed by atoms with van der Waals surface area (Å²) in [6.07, 6.45) is 1.57. The number of benzene rings is 2. The zero-order valence-electron chi connectivity index (χ0n) is 11.2. The molecule has 0 saturated carbocycles. The van der Waals surface area contributed by atoms with Crippen LogP contribution in [0.5, 0.6) is 23.0 Å². The predicted molar refractivity (Wildman–Crippen MR) is 76.3 cm³/mol. The molecule has 4 nitrogen and oxygen atoms in total. The Hall–Kier alpha value is -2.36. The van der Waals surface area contributed by atoms with E-state index in [-0.39, 0.29) is 28.9 Å². The van der Waals surface area contributed by atoms with Crippen molar-refractivity contribution in [1.82, 2.24) is 0 Å². The van der Waals surface area contributed by atoms with Gasteiger partial charge >= 0.3 is 0 Å². The third-order valence-electron chi connectivity index (χ3n) is 3.47. The average Bonchev–Trinajstić information content (AvgIpc) is 2.43. The summed E-state index contributed by atoms with van der Waals surface area (Å²) >= 11 is 0. The molecule has 0 aromatic heterocycles. The largest absolute Gasteiger partial charge is 0.504 e. The molecule has 0 aliphatic rings. The van der Waals surface area contributed by atoms with Gasteiger partial charge in [0.15, 0.2) is 23.0 Å². The monoisotopic (exact) mass is 274 g/mol. The summed E-state index contributed by atoms with van der Waals surface area (Å²) in [6, 6.07) is 9.63. The zero-order valence-corrected chi connectivity index (χ0v) is 11.2. The second-order valence-corrected chi connectivity index (χ2v) is 5.01. The molecule has 2 aromatic rings. The van der Waals surface area contributed by atoms with Crippen molar-refractivity contribution in [1.29, 1.82) is 0 Å². The Labute approximate surface area is 117 Å². The first-order valence-electron chi connectivity index (χ1n) is 6.50. The van der Waals surface area contributed by atoms with Gasteiger partial charge in [-0.2, -0.15) is 0 Å². The van der Waals surface area contributed by atoms with Crippen molar-refractivity contribution in [2.75, 3.05) is 0 Å². The van der Waals surface area contributed by atoms with Gasteiger partial charge in [0.25, 0.3) is 0 Å². The summed E-state index contributed by atoms with van der Waals surface area (Å²) in [5, 5.41) is 37.5. The van der Waals surface area contributed by atoms with Crippen molar-refractivity contribution >= 4 is 0 Å². The Bertz CT molecular complexity index is 607. The van der Waals surface area contributed by atoms with E-state index in [1.165, 1.54) is 12.1 Å². The first-order valence-corrected chi connectivity index (χ1v) is 6.50. The molecule has 1 unspecified atom stereocenters. The summed E-state index contributed by atoms with van der Waals surface area (Å²) in [5.74, 6) is -0.263. The smallest absolute Gasteiger partial charge is 0.157 e. The van der Waals surface area contributed by atoms with Crippen LogP contribution in [0.1, 0.15) is 30.4 Å². The Kier molecular flexibility index (Phi) is 4.03. The van der Waals surface area contributed by atoms with Crippen LogP contribution in [0.4, 0.5) is 0 Å². The fourth-order valence-electron chi connectivity index (χ4n) is 2.12. The third-order valence-corrected chi connectivity index (χ3v) is 3.47. The number of phenols is 4. The van der Waals surface area contributed by atoms with E-state index in [4.69, 9.17) is 0 Å². The van der Waals surface area contributed by atoms with Crippen LogP contribution in [0.3, 0.4) is 0 Å². The Morgan fingerprint density at radius 3 is 2.00 bits per heavy atom. The van der Waals surface area contributed by atoms with Crippen molar-refractivity contribution < 1.29 is 20.4 Å². The van der Waals surface area contributed by atoms with Gasteiger partial charge in [0, 0.05) is 0 Å². The van der Waals surface area contributed by atoms with Gasteiger partial charge < -0.3 is 20.4 Å². The molecule has 0 spiro atoms. The van der Waals surface area contributed by atoms with Crippen molar-refractivity contribution in [3.8, 4) is 23.0 Å². The van der Waals surface area contributed by atoms with E-state index in [0.29, 0.717) is 0 Å². The molecule has 0 amide bonds. The van der Waals surface area contributed by atoms with Crippen LogP contribution in [-0.2, 0) is 6.42 Å². The molecule has 20 heavy (non-hydrogen) atoms. The highest BCUT2D eigenvalue weighted by Crippen LogP contribution is 2.31. The van der Waals surface area contributed by atoms with E-state index in [1.54, 1.807) is 24.3 Å². The molecule has 0 aliphatic carbocycles. The van der Waals surface area contributed by atoms with Crippen LogP contribution < -0.4 is 0 Å². The SMILES string of the molecule is CC(CCc1ccc(O)c(O)c1)c1ccc(O)c(O)c1. The van der Waals surface area contributed by atoms with Crippen LogP contribution in [0.2, 0.25) is 0 Å². The van der Waals surface area contributed by atoms with Crippen molar-refractivity contribution in [3.05, 3.63) is 47.5 Å². The maximum absolute atomic E-state index is 9.49. The molecule has 0 heterocycles. The average molecular weight is 274 g/mol. The highest BCUT2D eigenvalue weighted by atomic mass is 16.3. The molecule has 4 N–H and O–H groups in total. The summed E-state index contributed by atoms with van der Waals surface area (Å²) in [6.45, 7) is 2.03. The van der Waals surface area contributed by atoms with E-state index < -0.39 is 0 Å². The Balaban J connectivity index is 2.02. The molecular weight excluding hydrogens is 256 g/mol. The Morgan fingerprint density at radius 1 is 0.800 bits per heavy atom. The number of aromatic hydroxyl groups is 4. The first kappa shape index (κ1) is 14.1. The van der Waals surface area contributed by atoms with E-state index >= 15 is 0 Å². The van der Waals surface area contributed by atoms with Crippen LogP contribution in [-0.4, -0.2) is 20.4 Å². The highest BCUT2D eigenvalue weighted by molar-refractivity contribution is 5.42. The molecule has 106 valence electrons. The molecule has 4 heteroatoms. The van der Waals surface area contributed by atoms with Gasteiger partial charge in [-0.05, 0) is 54.2 Å². The molecule has 0 radical (unpaired) electrons. The topological polar surface area (TPSA) is 80.9 Å². The molecule has 1 atom stereocenters. The van der Waals surface area contributed by atoms with E-state index in [9.17, 15) is 20.4 Å².